The third-order valence-electron chi connectivity index (χ3n) is 5.36. The van der Waals surface area contributed by atoms with Crippen molar-refractivity contribution < 1.29 is 48.3 Å². The normalized spacial score (nSPS) is 12.0. The fraction of sp³-hybridized carbons (Fsp3) is 0.789. The molecule has 0 rings (SSSR count). The van der Waals surface area contributed by atoms with E-state index < -0.39 is 28.5 Å². The molecule has 288 valence electrons. The van der Waals surface area contributed by atoms with Crippen LogP contribution in [0.3, 0.4) is 0 Å². The SMILES string of the molecule is C.C#CCNCC(O)COC(=O)C(C)(C)C.C#CCOC(=O)C(C)(C)C.CCC(O)COC(=O)C(C)(C)C.CCCCOC(=O)C(C)(C)C. The molecule has 0 aromatic carbocycles. The van der Waals surface area contributed by atoms with Crippen LogP contribution in [-0.2, 0) is 38.1 Å². The Morgan fingerprint density at radius 1 is 0.633 bits per heavy atom. The fourth-order valence-corrected chi connectivity index (χ4v) is 2.11. The lowest BCUT2D eigenvalue weighted by atomic mass is 9.97. The van der Waals surface area contributed by atoms with Gasteiger partial charge < -0.3 is 34.5 Å². The molecular formula is C38H71NO10. The summed E-state index contributed by atoms with van der Waals surface area (Å²) < 4.78 is 19.5. The molecular weight excluding hydrogens is 630 g/mol. The molecule has 2 unspecified atom stereocenters. The Hall–Kier alpha value is -3.12. The number of ether oxygens (including phenoxy) is 4. The van der Waals surface area contributed by atoms with Crippen molar-refractivity contribution in [3.8, 4) is 24.7 Å². The Labute approximate surface area is 299 Å². The van der Waals surface area contributed by atoms with Crippen molar-refractivity contribution in [3.63, 3.8) is 0 Å². The Bertz CT molecular complexity index is 981. The summed E-state index contributed by atoms with van der Waals surface area (Å²) in [5.74, 6) is 3.66. The summed E-state index contributed by atoms with van der Waals surface area (Å²) in [5, 5.41) is 21.3. The molecule has 3 N–H and O–H groups in total. The van der Waals surface area contributed by atoms with Gasteiger partial charge in [-0.25, -0.2) is 0 Å². The average molecular weight is 702 g/mol. The highest BCUT2D eigenvalue weighted by Crippen LogP contribution is 2.17. The molecule has 11 nitrogen and oxygen atoms in total. The highest BCUT2D eigenvalue weighted by molar-refractivity contribution is 5.76. The van der Waals surface area contributed by atoms with Crippen molar-refractivity contribution in [1.29, 1.82) is 0 Å². The summed E-state index contributed by atoms with van der Waals surface area (Å²) in [6, 6.07) is 0. The topological polar surface area (TPSA) is 158 Å². The molecule has 0 spiro atoms. The van der Waals surface area contributed by atoms with Gasteiger partial charge in [0, 0.05) is 6.54 Å². The minimum atomic E-state index is -0.718. The summed E-state index contributed by atoms with van der Waals surface area (Å²) in [5.41, 5.74) is -1.82. The van der Waals surface area contributed by atoms with E-state index in [4.69, 9.17) is 32.2 Å². The number of aliphatic hydroxyl groups excluding tert-OH is 2. The van der Waals surface area contributed by atoms with Crippen molar-refractivity contribution in [2.24, 2.45) is 21.7 Å². The van der Waals surface area contributed by atoms with Crippen LogP contribution in [0, 0.1) is 46.3 Å². The van der Waals surface area contributed by atoms with Gasteiger partial charge in [0.2, 0.25) is 0 Å². The number of terminal acetylenes is 2. The molecule has 0 bridgehead atoms. The van der Waals surface area contributed by atoms with E-state index in [1.165, 1.54) is 0 Å². The lowest BCUT2D eigenvalue weighted by Gasteiger charge is -2.18. The van der Waals surface area contributed by atoms with Crippen LogP contribution in [0.5, 0.6) is 0 Å². The van der Waals surface area contributed by atoms with Crippen LogP contribution >= 0.6 is 0 Å². The summed E-state index contributed by atoms with van der Waals surface area (Å²) in [6.45, 7) is 26.9. The summed E-state index contributed by atoms with van der Waals surface area (Å²) in [4.78, 5) is 44.5. The van der Waals surface area contributed by atoms with Crippen LogP contribution in [0.4, 0.5) is 0 Å². The van der Waals surface area contributed by atoms with Crippen molar-refractivity contribution in [2.75, 3.05) is 39.5 Å². The number of hydrogen-bond donors (Lipinski definition) is 3. The maximum absolute atomic E-state index is 11.3. The molecule has 0 aliphatic rings. The lowest BCUT2D eigenvalue weighted by Crippen LogP contribution is -2.33. The van der Waals surface area contributed by atoms with Gasteiger partial charge in [0.15, 0.2) is 6.61 Å². The van der Waals surface area contributed by atoms with Gasteiger partial charge in [-0.2, -0.15) is 0 Å². The van der Waals surface area contributed by atoms with Gasteiger partial charge in [-0.1, -0.05) is 39.5 Å². The molecule has 11 heteroatoms. The van der Waals surface area contributed by atoms with Crippen molar-refractivity contribution in [2.45, 2.75) is 136 Å². The van der Waals surface area contributed by atoms with Gasteiger partial charge >= 0.3 is 23.9 Å². The zero-order chi connectivity index (χ0) is 38.8. The number of rotatable bonds is 12. The fourth-order valence-electron chi connectivity index (χ4n) is 2.11. The molecule has 49 heavy (non-hydrogen) atoms. The van der Waals surface area contributed by atoms with Crippen LogP contribution < -0.4 is 5.32 Å². The van der Waals surface area contributed by atoms with Crippen LogP contribution in [0.1, 0.15) is 124 Å². The standard InChI is InChI=1S/C11H19NO3.C9H18O3.C9H18O2.C8H12O2.CH4/c1-5-6-12-7-9(13)8-15-10(14)11(2,3)4;1-5-7(10)6-12-8(11)9(2,3)4;1-5-6-7-11-8(10)9(2,3)4;1-5-6-10-7(9)8(2,3)4;/h1,9,12-13H,6-8H2,2-4H3;7,10H,5-6H2,1-4H3;5-7H2,1-4H3;1H,6H2,2-4H3;1H4. The number of unbranched alkanes of at least 4 members (excludes halogenated alkanes) is 1. The number of carbonyl (C=O) groups excluding carboxylic acids is 4. The second-order valence-corrected chi connectivity index (χ2v) is 15.0. The first-order valence-corrected chi connectivity index (χ1v) is 16.3. The molecule has 0 aromatic heterocycles. The van der Waals surface area contributed by atoms with E-state index in [0.29, 0.717) is 26.1 Å². The summed E-state index contributed by atoms with van der Waals surface area (Å²) in [6.07, 6.45) is 11.3. The van der Waals surface area contributed by atoms with Gasteiger partial charge in [0.1, 0.15) is 19.3 Å². The molecule has 0 saturated heterocycles. The molecule has 0 aliphatic carbocycles. The minimum Gasteiger partial charge on any atom is -0.465 e. The molecule has 0 heterocycles. The van der Waals surface area contributed by atoms with Crippen LogP contribution in [-0.4, -0.2) is 85.8 Å². The van der Waals surface area contributed by atoms with Crippen LogP contribution in [0.25, 0.3) is 0 Å². The maximum atomic E-state index is 11.3. The highest BCUT2D eigenvalue weighted by Gasteiger charge is 2.25. The quantitative estimate of drug-likeness (QED) is 0.0989. The van der Waals surface area contributed by atoms with Crippen molar-refractivity contribution >= 4 is 23.9 Å². The molecule has 2 atom stereocenters. The van der Waals surface area contributed by atoms with E-state index in [2.05, 4.69) is 28.8 Å². The van der Waals surface area contributed by atoms with Crippen LogP contribution in [0.15, 0.2) is 0 Å². The van der Waals surface area contributed by atoms with Gasteiger partial charge in [-0.3, -0.25) is 19.2 Å². The third-order valence-corrected chi connectivity index (χ3v) is 5.36. The molecule has 0 saturated carbocycles. The third kappa shape index (κ3) is 37.5. The van der Waals surface area contributed by atoms with Gasteiger partial charge in [-0.15, -0.1) is 12.8 Å². The van der Waals surface area contributed by atoms with Gasteiger partial charge in [0.25, 0.3) is 0 Å². The van der Waals surface area contributed by atoms with Crippen molar-refractivity contribution in [1.82, 2.24) is 5.32 Å². The van der Waals surface area contributed by atoms with Crippen LogP contribution in [0.2, 0.25) is 0 Å². The van der Waals surface area contributed by atoms with Gasteiger partial charge in [-0.05, 0) is 95.9 Å². The van der Waals surface area contributed by atoms with E-state index in [-0.39, 0.29) is 56.5 Å². The number of carbonyl (C=O) groups is 4. The average Bonchev–Trinajstić information content (AvgIpc) is 2.96. The van der Waals surface area contributed by atoms with Gasteiger partial charge in [0.05, 0.1) is 40.9 Å². The minimum absolute atomic E-state index is 0. The Kier molecular flexibility index (Phi) is 32.4. The second-order valence-electron chi connectivity index (χ2n) is 15.0. The summed E-state index contributed by atoms with van der Waals surface area (Å²) >= 11 is 0. The van der Waals surface area contributed by atoms with E-state index in [1.807, 2.05) is 27.7 Å². The summed E-state index contributed by atoms with van der Waals surface area (Å²) in [7, 11) is 0. The predicted molar refractivity (Wildman–Crippen MR) is 196 cm³/mol. The highest BCUT2D eigenvalue weighted by atomic mass is 16.6. The maximum Gasteiger partial charge on any atom is 0.312 e. The molecule has 0 radical (unpaired) electrons. The second kappa shape index (κ2) is 28.7. The number of aliphatic hydroxyl groups is 2. The Morgan fingerprint density at radius 3 is 1.33 bits per heavy atom. The Morgan fingerprint density at radius 2 is 1.00 bits per heavy atom. The van der Waals surface area contributed by atoms with E-state index in [1.54, 1.807) is 62.3 Å². The Balaban J connectivity index is -0.000000176. The molecule has 0 aromatic rings. The van der Waals surface area contributed by atoms with E-state index >= 15 is 0 Å². The first kappa shape index (κ1) is 55.3. The zero-order valence-corrected chi connectivity index (χ0v) is 32.3. The molecule has 0 fully saturated rings. The monoisotopic (exact) mass is 702 g/mol. The lowest BCUT2D eigenvalue weighted by molar-refractivity contribution is -0.156. The molecule has 0 aliphatic heterocycles. The van der Waals surface area contributed by atoms with E-state index in [0.717, 1.165) is 12.8 Å². The van der Waals surface area contributed by atoms with E-state index in [9.17, 15) is 24.3 Å². The molecule has 0 amide bonds. The first-order chi connectivity index (χ1) is 21.7. The predicted octanol–water partition coefficient (Wildman–Crippen LogP) is 5.73. The zero-order valence-electron chi connectivity index (χ0n) is 32.3. The first-order valence-electron chi connectivity index (χ1n) is 16.3. The number of esters is 4. The number of nitrogens with one attached hydrogen (secondary N) is 1. The number of hydrogen-bond acceptors (Lipinski definition) is 11. The van der Waals surface area contributed by atoms with Crippen molar-refractivity contribution in [3.05, 3.63) is 0 Å². The largest absolute Gasteiger partial charge is 0.465 e. The smallest absolute Gasteiger partial charge is 0.312 e.